The van der Waals surface area contributed by atoms with Crippen molar-refractivity contribution in [2.45, 2.75) is 18.1 Å². The van der Waals surface area contributed by atoms with Gasteiger partial charge in [0.1, 0.15) is 0 Å². The van der Waals surface area contributed by atoms with Gasteiger partial charge in [-0.3, -0.25) is 9.59 Å². The topological polar surface area (TPSA) is 74.6 Å². The van der Waals surface area contributed by atoms with E-state index in [1.54, 1.807) is 24.3 Å². The maximum Gasteiger partial charge on any atom is 0.304 e. The van der Waals surface area contributed by atoms with Crippen molar-refractivity contribution in [2.24, 2.45) is 0 Å². The maximum absolute atomic E-state index is 10.9. The van der Waals surface area contributed by atoms with E-state index >= 15 is 0 Å². The Morgan fingerprint density at radius 1 is 0.862 bits per heavy atom. The van der Waals surface area contributed by atoms with Crippen LogP contribution in [0.3, 0.4) is 0 Å². The second kappa shape index (κ2) is 12.2. The number of aliphatic carboxylic acids is 2. The third-order valence-electron chi connectivity index (χ3n) is 3.82. The van der Waals surface area contributed by atoms with Crippen LogP contribution in [0.25, 0.3) is 4.91 Å². The molecule has 0 aromatic heterocycles. The molecule has 0 spiro atoms. The first-order valence-electron chi connectivity index (χ1n) is 8.76. The van der Waals surface area contributed by atoms with E-state index in [2.05, 4.69) is 0 Å². The molecule has 4 nitrogen and oxygen atoms in total. The molecule has 0 saturated heterocycles. The number of hydrogen-bond acceptors (Lipinski definition) is 4. The summed E-state index contributed by atoms with van der Waals surface area (Å²) in [5.41, 5.74) is 1.93. The summed E-state index contributed by atoms with van der Waals surface area (Å²) in [4.78, 5) is 22.8. The highest BCUT2D eigenvalue weighted by Crippen LogP contribution is 2.38. The molecule has 2 N–H and O–H groups in total. The summed E-state index contributed by atoms with van der Waals surface area (Å²) in [6, 6.07) is 14.8. The van der Waals surface area contributed by atoms with Crippen molar-refractivity contribution in [1.29, 1.82) is 0 Å². The predicted molar refractivity (Wildman–Crippen MR) is 123 cm³/mol. The number of halogens is 2. The molecule has 0 radical (unpaired) electrons. The van der Waals surface area contributed by atoms with Crippen molar-refractivity contribution in [3.8, 4) is 0 Å². The lowest BCUT2D eigenvalue weighted by molar-refractivity contribution is -0.137. The van der Waals surface area contributed by atoms with Gasteiger partial charge in [0.15, 0.2) is 0 Å². The minimum Gasteiger partial charge on any atom is -0.481 e. The first kappa shape index (κ1) is 23.7. The molecule has 0 aliphatic heterocycles. The Balaban J connectivity index is 2.33. The minimum absolute atomic E-state index is 0.0490. The quantitative estimate of drug-likeness (QED) is 0.390. The number of carboxylic acids is 2. The fraction of sp³-hybridized carbons (Fsp3) is 0.238. The average molecular weight is 471 g/mol. The number of thioether (sulfide) groups is 2. The SMILES string of the molecule is O=C(O)CCSC(=CC(SCCC(=O)O)c1ccc(Cl)cc1)c1ccc(Cl)cc1. The normalized spacial score (nSPS) is 12.6. The van der Waals surface area contributed by atoms with E-state index in [1.807, 2.05) is 30.3 Å². The monoisotopic (exact) mass is 470 g/mol. The van der Waals surface area contributed by atoms with Gasteiger partial charge in [-0.05, 0) is 35.4 Å². The maximum atomic E-state index is 10.9. The Labute approximate surface area is 188 Å². The van der Waals surface area contributed by atoms with Gasteiger partial charge >= 0.3 is 11.9 Å². The van der Waals surface area contributed by atoms with Gasteiger partial charge in [-0.2, -0.15) is 0 Å². The molecule has 2 rings (SSSR count). The van der Waals surface area contributed by atoms with E-state index < -0.39 is 11.9 Å². The van der Waals surface area contributed by atoms with Gasteiger partial charge in [-0.15, -0.1) is 23.5 Å². The van der Waals surface area contributed by atoms with Gasteiger partial charge < -0.3 is 10.2 Å². The molecule has 0 aliphatic carbocycles. The Hall–Kier alpha value is -1.60. The largest absolute Gasteiger partial charge is 0.481 e. The Bertz CT molecular complexity index is 852. The highest BCUT2D eigenvalue weighted by Gasteiger charge is 2.14. The van der Waals surface area contributed by atoms with Crippen LogP contribution in [-0.4, -0.2) is 33.7 Å². The van der Waals surface area contributed by atoms with Crippen molar-refractivity contribution in [2.75, 3.05) is 11.5 Å². The molecule has 8 heteroatoms. The summed E-state index contributed by atoms with van der Waals surface area (Å²) in [6.45, 7) is 0. The lowest BCUT2D eigenvalue weighted by Gasteiger charge is -2.16. The second-order valence-corrected chi connectivity index (χ2v) is 9.28. The van der Waals surface area contributed by atoms with E-state index in [-0.39, 0.29) is 18.1 Å². The number of hydrogen-bond donors (Lipinski definition) is 2. The van der Waals surface area contributed by atoms with Crippen LogP contribution < -0.4 is 0 Å². The molecule has 2 aromatic carbocycles. The number of rotatable bonds is 11. The van der Waals surface area contributed by atoms with E-state index in [1.165, 1.54) is 23.5 Å². The molecule has 1 atom stereocenters. The third-order valence-corrected chi connectivity index (χ3v) is 6.62. The first-order chi connectivity index (χ1) is 13.8. The van der Waals surface area contributed by atoms with Crippen LogP contribution in [0.15, 0.2) is 54.6 Å². The molecule has 1 unspecified atom stereocenters. The minimum atomic E-state index is -0.849. The summed E-state index contributed by atoms with van der Waals surface area (Å²) in [6.07, 6.45) is 2.16. The van der Waals surface area contributed by atoms with Gasteiger partial charge in [0, 0.05) is 31.7 Å². The molecule has 0 aliphatic rings. The average Bonchev–Trinajstić information content (AvgIpc) is 2.67. The van der Waals surface area contributed by atoms with Gasteiger partial charge in [-0.25, -0.2) is 0 Å². The molecule has 0 fully saturated rings. The zero-order valence-corrected chi connectivity index (χ0v) is 18.5. The van der Waals surface area contributed by atoms with Crippen LogP contribution in [0.5, 0.6) is 0 Å². The van der Waals surface area contributed by atoms with Gasteiger partial charge in [0.05, 0.1) is 12.8 Å². The van der Waals surface area contributed by atoms with Crippen LogP contribution in [0.4, 0.5) is 0 Å². The number of carbonyl (C=O) groups is 2. The van der Waals surface area contributed by atoms with Crippen molar-refractivity contribution in [3.63, 3.8) is 0 Å². The highest BCUT2D eigenvalue weighted by molar-refractivity contribution is 8.08. The molecule has 0 heterocycles. The van der Waals surface area contributed by atoms with Crippen molar-refractivity contribution >= 4 is 63.6 Å². The van der Waals surface area contributed by atoms with Crippen LogP contribution in [-0.2, 0) is 9.59 Å². The Morgan fingerprint density at radius 3 is 1.93 bits per heavy atom. The summed E-state index contributed by atoms with van der Waals surface area (Å²) < 4.78 is 0. The zero-order chi connectivity index (χ0) is 21.2. The Morgan fingerprint density at radius 2 is 1.38 bits per heavy atom. The van der Waals surface area contributed by atoms with Gasteiger partial charge in [0.25, 0.3) is 0 Å². The van der Waals surface area contributed by atoms with Gasteiger partial charge in [0.2, 0.25) is 0 Å². The standard InChI is InChI=1S/C21H20Cl2O4S2/c22-16-5-1-14(2-6-16)18(28-11-9-20(24)25)13-19(29-12-10-21(26)27)15-3-7-17(23)8-4-15/h1-8,13,18H,9-12H2,(H,24,25)(H,26,27). The zero-order valence-electron chi connectivity index (χ0n) is 15.4. The molecule has 0 saturated carbocycles. The highest BCUT2D eigenvalue weighted by atomic mass is 35.5. The summed E-state index contributed by atoms with van der Waals surface area (Å²) in [5, 5.41) is 19.1. The Kier molecular flexibility index (Phi) is 9.94. The summed E-state index contributed by atoms with van der Waals surface area (Å²) >= 11 is 15.0. The van der Waals surface area contributed by atoms with E-state index in [9.17, 15) is 9.59 Å². The third kappa shape index (κ3) is 8.74. The molecule has 0 amide bonds. The van der Waals surface area contributed by atoms with E-state index in [4.69, 9.17) is 33.4 Å². The molecular formula is C21H20Cl2O4S2. The molecular weight excluding hydrogens is 451 g/mol. The van der Waals surface area contributed by atoms with Crippen LogP contribution in [0.1, 0.15) is 29.2 Å². The predicted octanol–water partition coefficient (Wildman–Crippen LogP) is 6.49. The summed E-state index contributed by atoms with van der Waals surface area (Å²) in [5.74, 6) is -0.813. The fourth-order valence-corrected chi connectivity index (χ4v) is 4.89. The van der Waals surface area contributed by atoms with E-state index in [0.29, 0.717) is 21.6 Å². The van der Waals surface area contributed by atoms with Crippen LogP contribution in [0.2, 0.25) is 10.0 Å². The lowest BCUT2D eigenvalue weighted by atomic mass is 10.1. The molecule has 2 aromatic rings. The van der Waals surface area contributed by atoms with Gasteiger partial charge in [-0.1, -0.05) is 53.5 Å². The van der Waals surface area contributed by atoms with Crippen LogP contribution >= 0.6 is 46.7 Å². The molecule has 0 bridgehead atoms. The molecule has 154 valence electrons. The second-order valence-electron chi connectivity index (χ2n) is 6.02. The van der Waals surface area contributed by atoms with Crippen molar-refractivity contribution < 1.29 is 19.8 Å². The van der Waals surface area contributed by atoms with Crippen LogP contribution in [0, 0.1) is 0 Å². The molecule has 29 heavy (non-hydrogen) atoms. The van der Waals surface area contributed by atoms with Crippen molar-refractivity contribution in [1.82, 2.24) is 0 Å². The van der Waals surface area contributed by atoms with E-state index in [0.717, 1.165) is 16.0 Å². The smallest absolute Gasteiger partial charge is 0.304 e. The lowest BCUT2D eigenvalue weighted by Crippen LogP contribution is -2.00. The number of benzene rings is 2. The number of carboxylic acid groups (broad SMARTS) is 2. The first-order valence-corrected chi connectivity index (χ1v) is 11.6. The fourth-order valence-electron chi connectivity index (χ4n) is 2.39. The summed E-state index contributed by atoms with van der Waals surface area (Å²) in [7, 11) is 0. The van der Waals surface area contributed by atoms with Crippen molar-refractivity contribution in [3.05, 3.63) is 75.8 Å².